The van der Waals surface area contributed by atoms with Crippen molar-refractivity contribution in [1.82, 2.24) is 14.9 Å². The molecule has 7 heteroatoms. The summed E-state index contributed by atoms with van der Waals surface area (Å²) in [5.41, 5.74) is 10.5. The third-order valence-corrected chi connectivity index (χ3v) is 6.28. The SMILES string of the molecule is Cl.Cl.NCC1(CC(=O)NCc2ccc(Cn3cnc4ccccc43)cc2)CCCCC1. The van der Waals surface area contributed by atoms with Gasteiger partial charge < -0.3 is 15.6 Å². The number of carbonyl (C=O) groups excluding carboxylic acids is 1. The molecule has 1 amide bonds. The largest absolute Gasteiger partial charge is 0.352 e. The van der Waals surface area contributed by atoms with Crippen LogP contribution in [0.4, 0.5) is 0 Å². The fourth-order valence-corrected chi connectivity index (χ4v) is 4.45. The van der Waals surface area contributed by atoms with Crippen molar-refractivity contribution in [2.24, 2.45) is 11.1 Å². The van der Waals surface area contributed by atoms with E-state index in [-0.39, 0.29) is 36.1 Å². The summed E-state index contributed by atoms with van der Waals surface area (Å²) in [7, 11) is 0. The molecule has 1 aliphatic rings. The Balaban J connectivity index is 0.00000171. The van der Waals surface area contributed by atoms with E-state index in [0.717, 1.165) is 36.0 Å². The van der Waals surface area contributed by atoms with Gasteiger partial charge in [-0.1, -0.05) is 55.7 Å². The first-order valence-electron chi connectivity index (χ1n) is 10.6. The standard InChI is InChI=1S/C24H30N4O.2ClH/c25-17-24(12-4-1-5-13-24)14-23(29)26-15-19-8-10-20(11-9-19)16-28-18-27-21-6-2-3-7-22(21)28;;/h2-3,6-11,18H,1,4-5,12-17,25H2,(H,26,29);2*1H. The number of para-hydroxylation sites is 2. The molecule has 1 saturated carbocycles. The highest BCUT2D eigenvalue weighted by Gasteiger charge is 2.32. The molecule has 0 radical (unpaired) electrons. The van der Waals surface area contributed by atoms with Crippen molar-refractivity contribution < 1.29 is 4.79 Å². The zero-order valence-electron chi connectivity index (χ0n) is 17.8. The molecule has 2 aromatic carbocycles. The van der Waals surface area contributed by atoms with Gasteiger partial charge in [-0.25, -0.2) is 4.98 Å². The van der Waals surface area contributed by atoms with E-state index in [9.17, 15) is 4.79 Å². The number of hydrogen-bond acceptors (Lipinski definition) is 3. The third-order valence-electron chi connectivity index (χ3n) is 6.28. The van der Waals surface area contributed by atoms with Crippen LogP contribution in [0.5, 0.6) is 0 Å². The molecular formula is C24H32Cl2N4O. The van der Waals surface area contributed by atoms with Crippen molar-refractivity contribution in [2.45, 2.75) is 51.6 Å². The lowest BCUT2D eigenvalue weighted by molar-refractivity contribution is -0.124. The molecule has 0 atom stereocenters. The van der Waals surface area contributed by atoms with E-state index in [4.69, 9.17) is 5.73 Å². The summed E-state index contributed by atoms with van der Waals surface area (Å²) in [6, 6.07) is 16.6. The monoisotopic (exact) mass is 462 g/mol. The topological polar surface area (TPSA) is 72.9 Å². The molecule has 0 aliphatic heterocycles. The van der Waals surface area contributed by atoms with Gasteiger partial charge in [0.2, 0.25) is 5.91 Å². The van der Waals surface area contributed by atoms with Crippen LogP contribution in [0, 0.1) is 5.41 Å². The van der Waals surface area contributed by atoms with Crippen LogP contribution in [0.3, 0.4) is 0 Å². The Kier molecular flexibility index (Phi) is 9.35. The minimum Gasteiger partial charge on any atom is -0.352 e. The van der Waals surface area contributed by atoms with E-state index in [1.807, 2.05) is 24.5 Å². The third kappa shape index (κ3) is 6.22. The average molecular weight is 463 g/mol. The summed E-state index contributed by atoms with van der Waals surface area (Å²) in [5, 5.41) is 3.08. The van der Waals surface area contributed by atoms with Crippen LogP contribution in [-0.2, 0) is 17.9 Å². The van der Waals surface area contributed by atoms with Crippen LogP contribution >= 0.6 is 24.8 Å². The highest BCUT2D eigenvalue weighted by Crippen LogP contribution is 2.38. The zero-order chi connectivity index (χ0) is 20.1. The predicted molar refractivity (Wildman–Crippen MR) is 131 cm³/mol. The quantitative estimate of drug-likeness (QED) is 0.527. The molecule has 1 aromatic heterocycles. The van der Waals surface area contributed by atoms with Gasteiger partial charge in [-0.2, -0.15) is 0 Å². The van der Waals surface area contributed by atoms with E-state index in [2.05, 4.69) is 45.2 Å². The number of nitrogens with zero attached hydrogens (tertiary/aromatic N) is 2. The van der Waals surface area contributed by atoms with Crippen molar-refractivity contribution in [3.63, 3.8) is 0 Å². The van der Waals surface area contributed by atoms with Gasteiger partial charge in [0, 0.05) is 19.5 Å². The summed E-state index contributed by atoms with van der Waals surface area (Å²) >= 11 is 0. The van der Waals surface area contributed by atoms with Gasteiger partial charge >= 0.3 is 0 Å². The molecule has 1 aliphatic carbocycles. The highest BCUT2D eigenvalue weighted by molar-refractivity contribution is 5.85. The lowest BCUT2D eigenvalue weighted by Gasteiger charge is -2.35. The van der Waals surface area contributed by atoms with Crippen LogP contribution in [0.1, 0.15) is 49.7 Å². The number of rotatable bonds is 7. The van der Waals surface area contributed by atoms with Gasteiger partial charge in [-0.05, 0) is 48.1 Å². The summed E-state index contributed by atoms with van der Waals surface area (Å²) in [5.74, 6) is 0.117. The Labute approximate surface area is 196 Å². The summed E-state index contributed by atoms with van der Waals surface area (Å²) in [4.78, 5) is 16.9. The van der Waals surface area contributed by atoms with Gasteiger partial charge in [-0.3, -0.25) is 4.79 Å². The van der Waals surface area contributed by atoms with E-state index >= 15 is 0 Å². The van der Waals surface area contributed by atoms with E-state index in [1.54, 1.807) is 0 Å². The van der Waals surface area contributed by atoms with Gasteiger partial charge in [0.25, 0.3) is 0 Å². The maximum absolute atomic E-state index is 12.5. The zero-order valence-corrected chi connectivity index (χ0v) is 19.4. The molecule has 1 fully saturated rings. The Hall–Kier alpha value is -2.08. The number of nitrogens with one attached hydrogen (secondary N) is 1. The maximum Gasteiger partial charge on any atom is 0.220 e. The van der Waals surface area contributed by atoms with Crippen LogP contribution in [0.2, 0.25) is 0 Å². The van der Waals surface area contributed by atoms with Gasteiger partial charge in [0.1, 0.15) is 0 Å². The highest BCUT2D eigenvalue weighted by atomic mass is 35.5. The Morgan fingerprint density at radius 1 is 1.00 bits per heavy atom. The molecule has 3 aromatic rings. The number of fused-ring (bicyclic) bond motifs is 1. The Bertz CT molecular complexity index is 965. The number of carbonyl (C=O) groups is 1. The molecule has 0 saturated heterocycles. The van der Waals surface area contributed by atoms with Gasteiger partial charge in [0.15, 0.2) is 0 Å². The molecule has 31 heavy (non-hydrogen) atoms. The molecule has 5 nitrogen and oxygen atoms in total. The van der Waals surface area contributed by atoms with E-state index in [1.165, 1.54) is 24.8 Å². The number of aromatic nitrogens is 2. The summed E-state index contributed by atoms with van der Waals surface area (Å²) in [6.45, 7) is 1.96. The minimum absolute atomic E-state index is 0. The van der Waals surface area contributed by atoms with Crippen LogP contribution < -0.4 is 11.1 Å². The van der Waals surface area contributed by atoms with Crippen LogP contribution in [0.25, 0.3) is 11.0 Å². The van der Waals surface area contributed by atoms with E-state index in [0.29, 0.717) is 19.5 Å². The first kappa shape index (κ1) is 25.2. The second kappa shape index (κ2) is 11.5. The predicted octanol–water partition coefficient (Wildman–Crippen LogP) is 4.84. The molecular weight excluding hydrogens is 431 g/mol. The molecule has 0 unspecified atom stereocenters. The second-order valence-electron chi connectivity index (χ2n) is 8.40. The molecule has 3 N–H and O–H groups in total. The van der Waals surface area contributed by atoms with Gasteiger partial charge in [0.05, 0.1) is 17.4 Å². The molecule has 1 heterocycles. The molecule has 0 bridgehead atoms. The number of nitrogens with two attached hydrogens (primary N) is 1. The Morgan fingerprint density at radius 2 is 1.68 bits per heavy atom. The number of halogens is 2. The molecule has 0 spiro atoms. The molecule has 168 valence electrons. The summed E-state index contributed by atoms with van der Waals surface area (Å²) in [6.07, 6.45) is 8.25. The van der Waals surface area contributed by atoms with Crippen molar-refractivity contribution in [3.05, 3.63) is 66.0 Å². The summed E-state index contributed by atoms with van der Waals surface area (Å²) < 4.78 is 2.16. The minimum atomic E-state index is 0. The lowest BCUT2D eigenvalue weighted by atomic mass is 9.71. The fourth-order valence-electron chi connectivity index (χ4n) is 4.45. The van der Waals surface area contributed by atoms with Crippen LogP contribution in [0.15, 0.2) is 54.9 Å². The number of benzene rings is 2. The molecule has 4 rings (SSSR count). The van der Waals surface area contributed by atoms with E-state index < -0.39 is 0 Å². The number of amides is 1. The Morgan fingerprint density at radius 3 is 2.39 bits per heavy atom. The normalized spacial score (nSPS) is 15.0. The van der Waals surface area contributed by atoms with Crippen molar-refractivity contribution in [2.75, 3.05) is 6.54 Å². The van der Waals surface area contributed by atoms with Crippen molar-refractivity contribution >= 4 is 41.8 Å². The first-order valence-corrected chi connectivity index (χ1v) is 10.6. The maximum atomic E-state index is 12.5. The second-order valence-corrected chi connectivity index (χ2v) is 8.40. The smallest absolute Gasteiger partial charge is 0.220 e. The van der Waals surface area contributed by atoms with Gasteiger partial charge in [-0.15, -0.1) is 24.8 Å². The van der Waals surface area contributed by atoms with Crippen molar-refractivity contribution in [1.29, 1.82) is 0 Å². The average Bonchev–Trinajstić information content (AvgIpc) is 3.17. The van der Waals surface area contributed by atoms with Crippen LogP contribution in [-0.4, -0.2) is 22.0 Å². The number of hydrogen-bond donors (Lipinski definition) is 2. The first-order chi connectivity index (χ1) is 14.2. The number of imidazole rings is 1. The van der Waals surface area contributed by atoms with Crippen molar-refractivity contribution in [3.8, 4) is 0 Å². The lowest BCUT2D eigenvalue weighted by Crippen LogP contribution is -2.38. The fraction of sp³-hybridized carbons (Fsp3) is 0.417.